The quantitative estimate of drug-likeness (QED) is 0.451. The molecule has 1 atom stereocenters. The second-order valence-electron chi connectivity index (χ2n) is 7.54. The van der Waals surface area contributed by atoms with Crippen LogP contribution in [0.15, 0.2) is 52.0 Å². The Kier molecular flexibility index (Phi) is 8.33. The van der Waals surface area contributed by atoms with E-state index in [1.807, 2.05) is 27.1 Å². The number of aliphatic imine (C=N–C) groups is 1. The van der Waals surface area contributed by atoms with Gasteiger partial charge in [-0.3, -0.25) is 4.79 Å². The predicted octanol–water partition coefficient (Wildman–Crippen LogP) is 5.00. The van der Waals surface area contributed by atoms with Crippen molar-refractivity contribution in [3.05, 3.63) is 53.9 Å². The van der Waals surface area contributed by atoms with Gasteiger partial charge in [-0.25, -0.2) is 14.4 Å². The van der Waals surface area contributed by atoms with Crippen molar-refractivity contribution in [2.75, 3.05) is 20.6 Å². The fourth-order valence-corrected chi connectivity index (χ4v) is 2.73. The molecule has 2 rings (SSSR count). The lowest BCUT2D eigenvalue weighted by Crippen LogP contribution is -2.38. The zero-order valence-electron chi connectivity index (χ0n) is 18.6. The van der Waals surface area contributed by atoms with Crippen molar-refractivity contribution in [3.8, 4) is 11.3 Å². The molecule has 0 spiro atoms. The number of carbonyl (C=O) groups is 1. The van der Waals surface area contributed by atoms with Crippen LogP contribution in [0.4, 0.5) is 4.39 Å². The highest BCUT2D eigenvalue weighted by atomic mass is 19.1. The van der Waals surface area contributed by atoms with Crippen molar-refractivity contribution in [1.29, 1.82) is 0 Å². The fourth-order valence-electron chi connectivity index (χ4n) is 2.73. The number of rotatable bonds is 8. The molecule has 1 amide bonds. The molecule has 0 saturated heterocycles. The smallest absolute Gasteiger partial charge is 0.253 e. The van der Waals surface area contributed by atoms with Crippen LogP contribution in [0, 0.1) is 5.82 Å². The van der Waals surface area contributed by atoms with Crippen LogP contribution in [0.3, 0.4) is 0 Å². The molecule has 1 heterocycles. The largest absolute Gasteiger partial charge is 0.443 e. The van der Waals surface area contributed by atoms with Crippen molar-refractivity contribution in [2.24, 2.45) is 4.99 Å². The molecule has 1 aromatic heterocycles. The lowest BCUT2D eigenvalue weighted by atomic mass is 10.1. The van der Waals surface area contributed by atoms with E-state index < -0.39 is 5.82 Å². The van der Waals surface area contributed by atoms with Crippen molar-refractivity contribution in [3.63, 3.8) is 0 Å². The molecular formula is C23H31FN4O2. The van der Waals surface area contributed by atoms with Gasteiger partial charge < -0.3 is 14.2 Å². The van der Waals surface area contributed by atoms with Gasteiger partial charge in [-0.15, -0.1) is 0 Å². The van der Waals surface area contributed by atoms with Gasteiger partial charge in [0.25, 0.3) is 5.91 Å². The summed E-state index contributed by atoms with van der Waals surface area (Å²) in [4.78, 5) is 24.8. The van der Waals surface area contributed by atoms with Crippen LogP contribution in [0.5, 0.6) is 0 Å². The second kappa shape index (κ2) is 10.7. The molecule has 1 unspecified atom stereocenters. The van der Waals surface area contributed by atoms with E-state index in [2.05, 4.69) is 28.7 Å². The van der Waals surface area contributed by atoms with Crippen LogP contribution in [0.1, 0.15) is 50.9 Å². The second-order valence-corrected chi connectivity index (χ2v) is 7.54. The third-order valence-corrected chi connectivity index (χ3v) is 5.36. The van der Waals surface area contributed by atoms with E-state index in [1.165, 1.54) is 24.2 Å². The number of allylic oxidation sites excluding steroid dienone is 1. The number of aromatic nitrogens is 1. The average Bonchev–Trinajstić information content (AvgIpc) is 3.28. The van der Waals surface area contributed by atoms with Gasteiger partial charge in [0.1, 0.15) is 11.7 Å². The van der Waals surface area contributed by atoms with E-state index in [9.17, 15) is 9.18 Å². The summed E-state index contributed by atoms with van der Waals surface area (Å²) in [5.41, 5.74) is 1.81. The van der Waals surface area contributed by atoms with E-state index in [0.717, 1.165) is 25.2 Å². The number of hydrogen-bond donors (Lipinski definition) is 0. The Balaban J connectivity index is 1.98. The Morgan fingerprint density at radius 1 is 1.33 bits per heavy atom. The molecule has 0 fully saturated rings. The van der Waals surface area contributed by atoms with Crippen LogP contribution in [-0.4, -0.2) is 53.2 Å². The lowest BCUT2D eigenvalue weighted by molar-refractivity contribution is 0.0733. The predicted molar refractivity (Wildman–Crippen MR) is 118 cm³/mol. The van der Waals surface area contributed by atoms with E-state index in [-0.39, 0.29) is 17.5 Å². The summed E-state index contributed by atoms with van der Waals surface area (Å²) in [7, 11) is 3.73. The maximum absolute atomic E-state index is 14.5. The van der Waals surface area contributed by atoms with Gasteiger partial charge in [-0.2, -0.15) is 0 Å². The molecule has 6 nitrogen and oxygen atoms in total. The molecule has 30 heavy (non-hydrogen) atoms. The Labute approximate surface area is 178 Å². The normalized spacial score (nSPS) is 13.3. The first-order valence-corrected chi connectivity index (χ1v) is 10.1. The van der Waals surface area contributed by atoms with Crippen LogP contribution >= 0.6 is 0 Å². The van der Waals surface area contributed by atoms with Gasteiger partial charge >= 0.3 is 0 Å². The van der Waals surface area contributed by atoms with Gasteiger partial charge in [0.2, 0.25) is 0 Å². The maximum atomic E-state index is 14.5. The molecular weight excluding hydrogens is 383 g/mol. The first-order chi connectivity index (χ1) is 14.2. The number of benzene rings is 1. The summed E-state index contributed by atoms with van der Waals surface area (Å²) in [6.45, 7) is 8.87. The first-order valence-electron chi connectivity index (χ1n) is 10.1. The van der Waals surface area contributed by atoms with Crippen molar-refractivity contribution >= 4 is 11.7 Å². The van der Waals surface area contributed by atoms with Crippen molar-refractivity contribution < 1.29 is 13.6 Å². The summed E-state index contributed by atoms with van der Waals surface area (Å²) in [6.07, 6.45) is 6.32. The molecule has 0 radical (unpaired) electrons. The van der Waals surface area contributed by atoms with Gasteiger partial charge in [0, 0.05) is 38.4 Å². The van der Waals surface area contributed by atoms with Crippen LogP contribution in [0.25, 0.3) is 11.3 Å². The van der Waals surface area contributed by atoms with Crippen molar-refractivity contribution in [2.45, 2.75) is 46.6 Å². The minimum absolute atomic E-state index is 0.0160. The highest BCUT2D eigenvalue weighted by Gasteiger charge is 2.20. The van der Waals surface area contributed by atoms with E-state index >= 15 is 0 Å². The van der Waals surface area contributed by atoms with Gasteiger partial charge in [0.05, 0.1) is 11.8 Å². The summed E-state index contributed by atoms with van der Waals surface area (Å²) in [5, 5.41) is 0. The zero-order valence-corrected chi connectivity index (χ0v) is 18.6. The van der Waals surface area contributed by atoms with Crippen molar-refractivity contribution in [1.82, 2.24) is 14.8 Å². The number of halogens is 1. The summed E-state index contributed by atoms with van der Waals surface area (Å²) < 4.78 is 19.6. The average molecular weight is 415 g/mol. The molecule has 0 bridgehead atoms. The number of amides is 1. The van der Waals surface area contributed by atoms with E-state index in [0.29, 0.717) is 11.3 Å². The third-order valence-electron chi connectivity index (χ3n) is 5.36. The lowest BCUT2D eigenvalue weighted by Gasteiger charge is -2.27. The van der Waals surface area contributed by atoms with Gasteiger partial charge in [-0.1, -0.05) is 12.5 Å². The summed E-state index contributed by atoms with van der Waals surface area (Å²) in [6, 6.07) is 4.38. The standard InChI is InChI=1S/C23H31FN4O2/c1-7-16(2)13-26-18(4)27(5)11-10-17(3)28(6)23(29)19-8-9-20(21(24)12-19)22-14-25-15-30-22/h8-9,12-15,17H,7,10-11H2,1-6H3. The molecule has 0 aliphatic heterocycles. The minimum atomic E-state index is -0.513. The first kappa shape index (κ1) is 23.3. The molecule has 162 valence electrons. The molecule has 0 saturated carbocycles. The summed E-state index contributed by atoms with van der Waals surface area (Å²) in [5.74, 6) is 0.520. The number of oxazole rings is 1. The highest BCUT2D eigenvalue weighted by Crippen LogP contribution is 2.24. The third kappa shape index (κ3) is 6.02. The molecule has 2 aromatic rings. The van der Waals surface area contributed by atoms with E-state index in [1.54, 1.807) is 24.1 Å². The number of carbonyl (C=O) groups excluding carboxylic acids is 1. The zero-order chi connectivity index (χ0) is 22.3. The molecule has 0 aliphatic carbocycles. The van der Waals surface area contributed by atoms with E-state index in [4.69, 9.17) is 4.42 Å². The number of nitrogens with zero attached hydrogens (tertiary/aromatic N) is 4. The van der Waals surface area contributed by atoms with Gasteiger partial charge in [-0.05, 0) is 51.8 Å². The Morgan fingerprint density at radius 3 is 2.67 bits per heavy atom. The molecule has 1 aromatic carbocycles. The SMILES string of the molecule is CCC(C)=CN=C(C)N(C)CCC(C)N(C)C(=O)c1ccc(-c2cnco2)c(F)c1. The maximum Gasteiger partial charge on any atom is 0.253 e. The minimum Gasteiger partial charge on any atom is -0.443 e. The number of hydrogen-bond acceptors (Lipinski definition) is 4. The fraction of sp³-hybridized carbons (Fsp3) is 0.435. The van der Waals surface area contributed by atoms with Crippen LogP contribution < -0.4 is 0 Å². The Hall–Kier alpha value is -2.96. The highest BCUT2D eigenvalue weighted by molar-refractivity contribution is 5.94. The Morgan fingerprint density at radius 2 is 2.07 bits per heavy atom. The van der Waals surface area contributed by atoms with Gasteiger partial charge in [0.15, 0.2) is 12.2 Å². The monoisotopic (exact) mass is 414 g/mol. The van der Waals surface area contributed by atoms with Crippen LogP contribution in [0.2, 0.25) is 0 Å². The molecule has 0 aliphatic rings. The molecule has 0 N–H and O–H groups in total. The van der Waals surface area contributed by atoms with Crippen LogP contribution in [-0.2, 0) is 0 Å². The number of amidine groups is 1. The molecule has 7 heteroatoms. The topological polar surface area (TPSA) is 61.9 Å². The Bertz CT molecular complexity index is 906. The summed E-state index contributed by atoms with van der Waals surface area (Å²) >= 11 is 0.